The zero-order valence-electron chi connectivity index (χ0n) is 11.5. The van der Waals surface area contributed by atoms with Crippen LogP contribution in [0.3, 0.4) is 0 Å². The minimum atomic E-state index is 0.346. The highest BCUT2D eigenvalue weighted by Gasteiger charge is 2.49. The van der Waals surface area contributed by atoms with Crippen LogP contribution < -0.4 is 5.73 Å². The summed E-state index contributed by atoms with van der Waals surface area (Å²) in [5.41, 5.74) is 7.91. The molecule has 4 saturated carbocycles. The smallest absolute Gasteiger partial charge is 0.0300 e. The van der Waals surface area contributed by atoms with Crippen molar-refractivity contribution in [3.8, 4) is 0 Å². The topological polar surface area (TPSA) is 38.9 Å². The lowest BCUT2D eigenvalue weighted by atomic mass is 9.50. The Labute approximate surface area is 115 Å². The Hall–Kier alpha value is -0.890. The van der Waals surface area contributed by atoms with E-state index in [4.69, 9.17) is 5.73 Å². The maximum absolute atomic E-state index is 6.60. The van der Waals surface area contributed by atoms with E-state index in [1.807, 2.05) is 18.5 Å². The van der Waals surface area contributed by atoms with Gasteiger partial charge in [-0.1, -0.05) is 6.07 Å². The third kappa shape index (κ3) is 2.10. The second kappa shape index (κ2) is 4.59. The molecule has 4 aliphatic carbocycles. The van der Waals surface area contributed by atoms with E-state index in [9.17, 15) is 0 Å². The first-order chi connectivity index (χ1) is 9.29. The van der Waals surface area contributed by atoms with Gasteiger partial charge < -0.3 is 5.73 Å². The van der Waals surface area contributed by atoms with Crippen LogP contribution in [0, 0.1) is 29.6 Å². The van der Waals surface area contributed by atoms with Crippen molar-refractivity contribution >= 4 is 0 Å². The normalized spacial score (nSPS) is 41.4. The molecule has 1 aromatic rings. The number of rotatable bonds is 3. The predicted molar refractivity (Wildman–Crippen MR) is 76.5 cm³/mol. The first-order valence-corrected chi connectivity index (χ1v) is 7.94. The summed E-state index contributed by atoms with van der Waals surface area (Å²) in [5, 5.41) is 0. The molecule has 0 amide bonds. The zero-order valence-corrected chi connectivity index (χ0v) is 11.5. The lowest BCUT2D eigenvalue weighted by Gasteiger charge is -2.56. The van der Waals surface area contributed by atoms with Gasteiger partial charge in [-0.15, -0.1) is 0 Å². The molecule has 4 aliphatic rings. The van der Waals surface area contributed by atoms with Crippen molar-refractivity contribution in [3.63, 3.8) is 0 Å². The van der Waals surface area contributed by atoms with Gasteiger partial charge in [-0.25, -0.2) is 0 Å². The molecule has 4 fully saturated rings. The van der Waals surface area contributed by atoms with Crippen LogP contribution >= 0.6 is 0 Å². The monoisotopic (exact) mass is 256 g/mol. The lowest BCUT2D eigenvalue weighted by molar-refractivity contribution is -0.0464. The maximum Gasteiger partial charge on any atom is 0.0300 e. The van der Waals surface area contributed by atoms with Gasteiger partial charge in [0.05, 0.1) is 0 Å². The van der Waals surface area contributed by atoms with Gasteiger partial charge in [-0.2, -0.15) is 0 Å². The van der Waals surface area contributed by atoms with Crippen LogP contribution in [0.5, 0.6) is 0 Å². The molecule has 0 aliphatic heterocycles. The Kier molecular flexibility index (Phi) is 2.87. The van der Waals surface area contributed by atoms with Crippen LogP contribution in [0.4, 0.5) is 0 Å². The Balaban J connectivity index is 1.50. The van der Waals surface area contributed by atoms with E-state index in [-0.39, 0.29) is 0 Å². The lowest BCUT2D eigenvalue weighted by Crippen LogP contribution is -2.52. The Morgan fingerprint density at radius 1 is 1.11 bits per heavy atom. The van der Waals surface area contributed by atoms with Crippen molar-refractivity contribution in [2.45, 2.75) is 44.6 Å². The van der Waals surface area contributed by atoms with E-state index in [2.05, 4.69) is 11.1 Å². The fourth-order valence-electron chi connectivity index (χ4n) is 5.59. The van der Waals surface area contributed by atoms with Crippen molar-refractivity contribution in [1.82, 2.24) is 4.98 Å². The van der Waals surface area contributed by atoms with Gasteiger partial charge in [0.2, 0.25) is 0 Å². The quantitative estimate of drug-likeness (QED) is 0.903. The van der Waals surface area contributed by atoms with Crippen LogP contribution in [-0.4, -0.2) is 11.0 Å². The van der Waals surface area contributed by atoms with E-state index >= 15 is 0 Å². The van der Waals surface area contributed by atoms with Crippen LogP contribution in [-0.2, 0) is 6.42 Å². The average molecular weight is 256 g/mol. The van der Waals surface area contributed by atoms with Gasteiger partial charge in [0, 0.05) is 18.4 Å². The van der Waals surface area contributed by atoms with Crippen LogP contribution in [0.2, 0.25) is 0 Å². The summed E-state index contributed by atoms with van der Waals surface area (Å²) in [6.45, 7) is 0. The predicted octanol–water partition coefficient (Wildman–Crippen LogP) is 3.02. The molecule has 1 atom stereocenters. The number of aromatic nitrogens is 1. The summed E-state index contributed by atoms with van der Waals surface area (Å²) in [5.74, 6) is 4.74. The fraction of sp³-hybridized carbons (Fsp3) is 0.706. The highest BCUT2D eigenvalue weighted by Crippen LogP contribution is 2.57. The summed E-state index contributed by atoms with van der Waals surface area (Å²) in [4.78, 5) is 4.22. The Morgan fingerprint density at radius 3 is 2.37 bits per heavy atom. The van der Waals surface area contributed by atoms with Gasteiger partial charge in [-0.3, -0.25) is 4.98 Å². The molecular formula is C17H24N2. The molecule has 4 bridgehead atoms. The van der Waals surface area contributed by atoms with Crippen LogP contribution in [0.25, 0.3) is 0 Å². The first kappa shape index (κ1) is 11.9. The molecule has 102 valence electrons. The molecule has 19 heavy (non-hydrogen) atoms. The van der Waals surface area contributed by atoms with Crippen molar-refractivity contribution in [3.05, 3.63) is 30.1 Å². The fourth-order valence-corrected chi connectivity index (χ4v) is 5.59. The van der Waals surface area contributed by atoms with E-state index < -0.39 is 0 Å². The SMILES string of the molecule is NC(Cc1cccnc1)C1C2CC3CC(C2)CC1C3. The third-order valence-corrected chi connectivity index (χ3v) is 5.99. The zero-order chi connectivity index (χ0) is 12.8. The molecule has 5 rings (SSSR count). The number of pyridine rings is 1. The molecule has 1 aromatic heterocycles. The molecule has 0 radical (unpaired) electrons. The summed E-state index contributed by atoms with van der Waals surface area (Å²) < 4.78 is 0. The summed E-state index contributed by atoms with van der Waals surface area (Å²) in [6.07, 6.45) is 12.2. The minimum absolute atomic E-state index is 0.346. The summed E-state index contributed by atoms with van der Waals surface area (Å²) >= 11 is 0. The van der Waals surface area contributed by atoms with E-state index in [1.54, 1.807) is 0 Å². The molecule has 2 N–H and O–H groups in total. The van der Waals surface area contributed by atoms with Gasteiger partial charge in [0.1, 0.15) is 0 Å². The number of nitrogens with two attached hydrogens (primary N) is 1. The van der Waals surface area contributed by atoms with Gasteiger partial charge in [0.25, 0.3) is 0 Å². The molecule has 1 unspecified atom stereocenters. The second-order valence-electron chi connectivity index (χ2n) is 7.24. The molecule has 1 heterocycles. The van der Waals surface area contributed by atoms with Gasteiger partial charge in [0.15, 0.2) is 0 Å². The third-order valence-electron chi connectivity index (χ3n) is 5.99. The van der Waals surface area contributed by atoms with Crippen molar-refractivity contribution in [2.24, 2.45) is 35.3 Å². The van der Waals surface area contributed by atoms with Crippen molar-refractivity contribution < 1.29 is 0 Å². The minimum Gasteiger partial charge on any atom is -0.327 e. The number of hydrogen-bond donors (Lipinski definition) is 1. The highest BCUT2D eigenvalue weighted by atomic mass is 14.7. The van der Waals surface area contributed by atoms with Crippen LogP contribution in [0.15, 0.2) is 24.5 Å². The Morgan fingerprint density at radius 2 is 1.79 bits per heavy atom. The van der Waals surface area contributed by atoms with Gasteiger partial charge >= 0.3 is 0 Å². The molecule has 2 nitrogen and oxygen atoms in total. The number of hydrogen-bond acceptors (Lipinski definition) is 2. The van der Waals surface area contributed by atoms with E-state index in [1.165, 1.54) is 37.7 Å². The maximum atomic E-state index is 6.60. The molecule has 0 aromatic carbocycles. The van der Waals surface area contributed by atoms with Crippen molar-refractivity contribution in [2.75, 3.05) is 0 Å². The highest BCUT2D eigenvalue weighted by molar-refractivity contribution is 5.12. The molecule has 0 saturated heterocycles. The van der Waals surface area contributed by atoms with Crippen molar-refractivity contribution in [1.29, 1.82) is 0 Å². The molecular weight excluding hydrogens is 232 g/mol. The van der Waals surface area contributed by atoms with E-state index in [0.717, 1.165) is 36.0 Å². The molecule has 0 spiro atoms. The average Bonchev–Trinajstić information content (AvgIpc) is 2.38. The standard InChI is InChI=1S/C17H24N2/c18-16(9-11-2-1-3-19-10-11)17-14-5-12-4-13(7-14)8-15(17)6-12/h1-3,10,12-17H,4-9,18H2. The largest absolute Gasteiger partial charge is 0.327 e. The first-order valence-electron chi connectivity index (χ1n) is 7.94. The Bertz CT molecular complexity index is 414. The molecule has 2 heteroatoms. The van der Waals surface area contributed by atoms with E-state index in [0.29, 0.717) is 6.04 Å². The van der Waals surface area contributed by atoms with Gasteiger partial charge in [-0.05, 0) is 79.7 Å². The van der Waals surface area contributed by atoms with Crippen LogP contribution in [0.1, 0.15) is 37.7 Å². The summed E-state index contributed by atoms with van der Waals surface area (Å²) in [6, 6.07) is 4.54. The number of nitrogens with zero attached hydrogens (tertiary/aromatic N) is 1. The second-order valence-corrected chi connectivity index (χ2v) is 7.24. The summed E-state index contributed by atoms with van der Waals surface area (Å²) in [7, 11) is 0.